The van der Waals surface area contributed by atoms with E-state index in [1.807, 2.05) is 41.9 Å². The first kappa shape index (κ1) is 15.1. The Morgan fingerprint density at radius 1 is 1.14 bits per heavy atom. The topological polar surface area (TPSA) is 30.7 Å². The average molecular weight is 334 g/mol. The molecule has 0 bridgehead atoms. The van der Waals surface area contributed by atoms with Crippen LogP contribution in [0.2, 0.25) is 5.02 Å². The minimum Gasteiger partial charge on any atom is -0.305 e. The number of rotatable bonds is 4. The van der Waals surface area contributed by atoms with Gasteiger partial charge in [-0.05, 0) is 17.7 Å². The zero-order valence-electron chi connectivity index (χ0n) is 11.8. The van der Waals surface area contributed by atoms with E-state index in [9.17, 15) is 4.39 Å². The molecule has 0 fully saturated rings. The van der Waals surface area contributed by atoms with Gasteiger partial charge in [0.15, 0.2) is 11.0 Å². The van der Waals surface area contributed by atoms with Crippen molar-refractivity contribution >= 4 is 23.4 Å². The summed E-state index contributed by atoms with van der Waals surface area (Å²) in [6, 6.07) is 14.3. The minimum atomic E-state index is -0.330. The van der Waals surface area contributed by atoms with Gasteiger partial charge < -0.3 is 4.57 Å². The third kappa shape index (κ3) is 3.15. The quantitative estimate of drug-likeness (QED) is 0.655. The monoisotopic (exact) mass is 333 g/mol. The van der Waals surface area contributed by atoms with Gasteiger partial charge in [-0.15, -0.1) is 10.2 Å². The number of nitrogens with zero attached hydrogens (tertiary/aromatic N) is 3. The first-order valence-electron chi connectivity index (χ1n) is 6.66. The molecule has 0 unspecified atom stereocenters. The van der Waals surface area contributed by atoms with E-state index in [1.165, 1.54) is 23.9 Å². The highest BCUT2D eigenvalue weighted by Gasteiger charge is 2.12. The van der Waals surface area contributed by atoms with Gasteiger partial charge in [0.05, 0.1) is 0 Å². The van der Waals surface area contributed by atoms with Crippen molar-refractivity contribution < 1.29 is 4.39 Å². The highest BCUT2D eigenvalue weighted by molar-refractivity contribution is 7.98. The fraction of sp³-hybridized carbons (Fsp3) is 0.125. The van der Waals surface area contributed by atoms with E-state index in [-0.39, 0.29) is 5.82 Å². The van der Waals surface area contributed by atoms with Gasteiger partial charge in [-0.25, -0.2) is 4.39 Å². The van der Waals surface area contributed by atoms with Crippen LogP contribution >= 0.6 is 23.4 Å². The maximum absolute atomic E-state index is 13.0. The van der Waals surface area contributed by atoms with Crippen LogP contribution in [-0.4, -0.2) is 14.8 Å². The van der Waals surface area contributed by atoms with E-state index in [1.54, 1.807) is 6.07 Å². The van der Waals surface area contributed by atoms with Crippen molar-refractivity contribution in [2.45, 2.75) is 10.9 Å². The summed E-state index contributed by atoms with van der Waals surface area (Å²) in [6.07, 6.45) is 0. The van der Waals surface area contributed by atoms with Gasteiger partial charge in [-0.2, -0.15) is 0 Å². The van der Waals surface area contributed by atoms with Crippen molar-refractivity contribution in [3.05, 3.63) is 64.9 Å². The van der Waals surface area contributed by atoms with Crippen LogP contribution in [0.25, 0.3) is 11.4 Å². The number of aromatic nitrogens is 3. The Balaban J connectivity index is 1.78. The molecule has 0 atom stereocenters. The lowest BCUT2D eigenvalue weighted by Gasteiger charge is -2.05. The van der Waals surface area contributed by atoms with Gasteiger partial charge in [-0.3, -0.25) is 0 Å². The molecule has 112 valence electrons. The molecule has 0 aliphatic heterocycles. The summed E-state index contributed by atoms with van der Waals surface area (Å²) in [4.78, 5) is 0. The van der Waals surface area contributed by atoms with Crippen molar-refractivity contribution in [3.63, 3.8) is 0 Å². The maximum atomic E-state index is 13.0. The molecule has 0 aliphatic rings. The molecule has 3 rings (SSSR count). The summed E-state index contributed by atoms with van der Waals surface area (Å²) in [5.74, 6) is 1.09. The predicted octanol–water partition coefficient (Wildman–Crippen LogP) is 4.57. The van der Waals surface area contributed by atoms with Crippen molar-refractivity contribution in [1.82, 2.24) is 14.8 Å². The Morgan fingerprint density at radius 3 is 2.64 bits per heavy atom. The third-order valence-corrected chi connectivity index (χ3v) is 4.66. The first-order chi connectivity index (χ1) is 10.6. The van der Waals surface area contributed by atoms with Crippen LogP contribution in [0.1, 0.15) is 5.56 Å². The van der Waals surface area contributed by atoms with Crippen LogP contribution in [0.3, 0.4) is 0 Å². The van der Waals surface area contributed by atoms with E-state index in [2.05, 4.69) is 10.2 Å². The van der Waals surface area contributed by atoms with E-state index >= 15 is 0 Å². The summed E-state index contributed by atoms with van der Waals surface area (Å²) >= 11 is 7.56. The normalized spacial score (nSPS) is 10.9. The molecule has 3 nitrogen and oxygen atoms in total. The number of hydrogen-bond acceptors (Lipinski definition) is 3. The second-order valence-corrected chi connectivity index (χ2v) is 6.11. The van der Waals surface area contributed by atoms with E-state index in [0.717, 1.165) is 22.1 Å². The molecule has 2 aromatic carbocycles. The fourth-order valence-corrected chi connectivity index (χ4v) is 3.29. The van der Waals surface area contributed by atoms with Crippen LogP contribution in [0, 0.1) is 5.82 Å². The van der Waals surface area contributed by atoms with Gasteiger partial charge in [0.25, 0.3) is 0 Å². The number of hydrogen-bond donors (Lipinski definition) is 0. The summed E-state index contributed by atoms with van der Waals surface area (Å²) in [6.45, 7) is 0. The standard InChI is InChI=1S/C16H13ClFN3S/c1-21-15(11-5-3-2-4-6-11)19-20-16(21)22-10-12-7-8-13(18)9-14(12)17/h2-9H,10H2,1H3. The Hall–Kier alpha value is -1.85. The lowest BCUT2D eigenvalue weighted by molar-refractivity contribution is 0.627. The number of benzene rings is 2. The summed E-state index contributed by atoms with van der Waals surface area (Å²) in [5.41, 5.74) is 1.89. The summed E-state index contributed by atoms with van der Waals surface area (Å²) < 4.78 is 15.0. The molecule has 0 spiro atoms. The van der Waals surface area contributed by atoms with Gasteiger partial charge in [0, 0.05) is 23.4 Å². The molecule has 0 aliphatic carbocycles. The molecule has 0 amide bonds. The highest BCUT2D eigenvalue weighted by Crippen LogP contribution is 2.28. The zero-order chi connectivity index (χ0) is 15.5. The van der Waals surface area contributed by atoms with Crippen LogP contribution in [-0.2, 0) is 12.8 Å². The first-order valence-corrected chi connectivity index (χ1v) is 8.03. The van der Waals surface area contributed by atoms with Gasteiger partial charge in [0.1, 0.15) is 5.82 Å². The predicted molar refractivity (Wildman–Crippen MR) is 87.4 cm³/mol. The fourth-order valence-electron chi connectivity index (χ4n) is 2.06. The smallest absolute Gasteiger partial charge is 0.191 e. The van der Waals surface area contributed by atoms with Crippen LogP contribution in [0.5, 0.6) is 0 Å². The number of thioether (sulfide) groups is 1. The van der Waals surface area contributed by atoms with Crippen LogP contribution < -0.4 is 0 Å². The molecule has 1 aromatic heterocycles. The van der Waals surface area contributed by atoms with Crippen molar-refractivity contribution in [2.75, 3.05) is 0 Å². The molecular weight excluding hydrogens is 321 g/mol. The van der Waals surface area contributed by atoms with E-state index in [4.69, 9.17) is 11.6 Å². The van der Waals surface area contributed by atoms with Gasteiger partial charge in [0.2, 0.25) is 0 Å². The third-order valence-electron chi connectivity index (χ3n) is 3.24. The second-order valence-electron chi connectivity index (χ2n) is 4.76. The highest BCUT2D eigenvalue weighted by atomic mass is 35.5. The Labute approximate surface area is 137 Å². The van der Waals surface area contributed by atoms with Crippen LogP contribution in [0.15, 0.2) is 53.7 Å². The Morgan fingerprint density at radius 2 is 1.91 bits per heavy atom. The molecular formula is C16H13ClFN3S. The minimum absolute atomic E-state index is 0.330. The Kier molecular flexibility index (Phi) is 4.45. The SMILES string of the molecule is Cn1c(SCc2ccc(F)cc2Cl)nnc1-c1ccccc1. The van der Waals surface area contributed by atoms with Crippen molar-refractivity contribution in [3.8, 4) is 11.4 Å². The molecule has 0 saturated heterocycles. The number of halogens is 2. The molecule has 0 N–H and O–H groups in total. The summed E-state index contributed by atoms with van der Waals surface area (Å²) in [5, 5.41) is 9.67. The van der Waals surface area contributed by atoms with Gasteiger partial charge in [-0.1, -0.05) is 59.8 Å². The largest absolute Gasteiger partial charge is 0.305 e. The molecule has 0 saturated carbocycles. The zero-order valence-corrected chi connectivity index (χ0v) is 13.4. The molecule has 3 aromatic rings. The Bertz CT molecular complexity index is 789. The molecule has 6 heteroatoms. The average Bonchev–Trinajstić information content (AvgIpc) is 2.88. The molecule has 1 heterocycles. The van der Waals surface area contributed by atoms with E-state index in [0.29, 0.717) is 10.8 Å². The van der Waals surface area contributed by atoms with Crippen molar-refractivity contribution in [2.24, 2.45) is 7.05 Å². The molecule has 22 heavy (non-hydrogen) atoms. The lowest BCUT2D eigenvalue weighted by atomic mass is 10.2. The second kappa shape index (κ2) is 6.50. The lowest BCUT2D eigenvalue weighted by Crippen LogP contribution is -1.95. The van der Waals surface area contributed by atoms with E-state index < -0.39 is 0 Å². The maximum Gasteiger partial charge on any atom is 0.191 e. The van der Waals surface area contributed by atoms with Crippen LogP contribution in [0.4, 0.5) is 4.39 Å². The molecule has 0 radical (unpaired) electrons. The summed E-state index contributed by atoms with van der Waals surface area (Å²) in [7, 11) is 1.93. The van der Waals surface area contributed by atoms with Gasteiger partial charge >= 0.3 is 0 Å². The van der Waals surface area contributed by atoms with Crippen molar-refractivity contribution in [1.29, 1.82) is 0 Å².